The van der Waals surface area contributed by atoms with Crippen molar-refractivity contribution in [3.63, 3.8) is 0 Å². The average Bonchev–Trinajstić information content (AvgIpc) is 2.30. The van der Waals surface area contributed by atoms with Gasteiger partial charge in [0.05, 0.1) is 11.8 Å². The summed E-state index contributed by atoms with van der Waals surface area (Å²) < 4.78 is 0. The summed E-state index contributed by atoms with van der Waals surface area (Å²) in [5, 5.41) is 11.5. The van der Waals surface area contributed by atoms with Gasteiger partial charge >= 0.3 is 0 Å². The molecule has 0 radical (unpaired) electrons. The molecule has 1 amide bonds. The smallest absolute Gasteiger partial charge is 0.224 e. The van der Waals surface area contributed by atoms with Crippen molar-refractivity contribution in [3.05, 3.63) is 24.3 Å². The first-order chi connectivity index (χ1) is 8.63. The Morgan fingerprint density at radius 3 is 2.83 bits per heavy atom. The molecule has 3 nitrogen and oxygen atoms in total. The average molecular weight is 262 g/mol. The molecule has 1 rings (SSSR count). The van der Waals surface area contributed by atoms with E-state index in [-0.39, 0.29) is 5.91 Å². The molecule has 0 fully saturated rings. The van der Waals surface area contributed by atoms with E-state index in [1.165, 1.54) is 0 Å². The van der Waals surface area contributed by atoms with E-state index in [2.05, 4.69) is 11.4 Å². The van der Waals surface area contributed by atoms with E-state index in [1.807, 2.05) is 38.1 Å². The second-order valence-electron chi connectivity index (χ2n) is 4.40. The zero-order valence-corrected chi connectivity index (χ0v) is 11.6. The van der Waals surface area contributed by atoms with Gasteiger partial charge in [0, 0.05) is 23.5 Å². The first-order valence-electron chi connectivity index (χ1n) is 6.02. The lowest BCUT2D eigenvalue weighted by molar-refractivity contribution is -0.116. The molecule has 0 bridgehead atoms. The van der Waals surface area contributed by atoms with E-state index in [0.717, 1.165) is 16.3 Å². The summed E-state index contributed by atoms with van der Waals surface area (Å²) in [6.45, 7) is 4.04. The minimum absolute atomic E-state index is 0.0401. The molecular weight excluding hydrogens is 244 g/mol. The predicted octanol–water partition coefficient (Wildman–Crippen LogP) is 3.68. The highest BCUT2D eigenvalue weighted by molar-refractivity contribution is 7.99. The van der Waals surface area contributed by atoms with Crippen LogP contribution in [0.25, 0.3) is 0 Å². The van der Waals surface area contributed by atoms with Gasteiger partial charge in [-0.15, -0.1) is 11.8 Å². The van der Waals surface area contributed by atoms with Gasteiger partial charge in [0.15, 0.2) is 0 Å². The summed E-state index contributed by atoms with van der Waals surface area (Å²) in [6, 6.07) is 9.82. The second-order valence-corrected chi connectivity index (χ2v) is 5.54. The number of carbonyl (C=O) groups excluding carboxylic acids is 1. The highest BCUT2D eigenvalue weighted by atomic mass is 32.2. The fraction of sp³-hybridized carbons (Fsp3) is 0.429. The van der Waals surface area contributed by atoms with Gasteiger partial charge in [0.25, 0.3) is 0 Å². The Kier molecular flexibility index (Phi) is 6.31. The Balaban J connectivity index is 2.64. The molecular formula is C14H18N2OS. The number of para-hydroxylation sites is 1. The Morgan fingerprint density at radius 1 is 1.44 bits per heavy atom. The van der Waals surface area contributed by atoms with Crippen molar-refractivity contribution in [3.8, 4) is 6.07 Å². The Morgan fingerprint density at radius 2 is 2.17 bits per heavy atom. The predicted molar refractivity (Wildman–Crippen MR) is 75.5 cm³/mol. The molecule has 0 atom stereocenters. The van der Waals surface area contributed by atoms with Crippen molar-refractivity contribution in [2.24, 2.45) is 5.92 Å². The summed E-state index contributed by atoms with van der Waals surface area (Å²) in [5.74, 6) is 1.13. The van der Waals surface area contributed by atoms with E-state index in [4.69, 9.17) is 5.26 Å². The molecule has 18 heavy (non-hydrogen) atoms. The minimum Gasteiger partial charge on any atom is -0.325 e. The molecule has 1 N–H and O–H groups in total. The van der Waals surface area contributed by atoms with Gasteiger partial charge in [0.2, 0.25) is 5.91 Å². The number of hydrogen-bond acceptors (Lipinski definition) is 3. The Hall–Kier alpha value is -1.47. The summed E-state index contributed by atoms with van der Waals surface area (Å²) in [6.07, 6.45) is 1.04. The number of anilines is 1. The molecule has 0 aliphatic heterocycles. The van der Waals surface area contributed by atoms with E-state index < -0.39 is 0 Å². The van der Waals surface area contributed by atoms with Crippen molar-refractivity contribution in [2.45, 2.75) is 31.6 Å². The van der Waals surface area contributed by atoms with Crippen molar-refractivity contribution in [2.75, 3.05) is 11.1 Å². The first-order valence-corrected chi connectivity index (χ1v) is 7.00. The number of amides is 1. The number of benzene rings is 1. The van der Waals surface area contributed by atoms with E-state index in [1.54, 1.807) is 11.8 Å². The third kappa shape index (κ3) is 5.24. The lowest BCUT2D eigenvalue weighted by Crippen LogP contribution is -2.14. The second kappa shape index (κ2) is 7.78. The highest BCUT2D eigenvalue weighted by Crippen LogP contribution is 2.27. The largest absolute Gasteiger partial charge is 0.325 e. The van der Waals surface area contributed by atoms with Crippen LogP contribution < -0.4 is 5.32 Å². The zero-order valence-electron chi connectivity index (χ0n) is 10.8. The third-order valence-corrected chi connectivity index (χ3v) is 3.30. The number of nitrogens with one attached hydrogen (secondary N) is 1. The number of hydrogen-bond donors (Lipinski definition) is 1. The molecule has 0 aliphatic carbocycles. The van der Waals surface area contributed by atoms with Crippen LogP contribution in [-0.4, -0.2) is 11.7 Å². The quantitative estimate of drug-likeness (QED) is 0.628. The van der Waals surface area contributed by atoms with Crippen molar-refractivity contribution >= 4 is 23.4 Å². The lowest BCUT2D eigenvalue weighted by Gasteiger charge is -2.11. The summed E-state index contributed by atoms with van der Waals surface area (Å²) in [5.41, 5.74) is 0.839. The van der Waals surface area contributed by atoms with Crippen LogP contribution in [0.1, 0.15) is 26.7 Å². The van der Waals surface area contributed by atoms with Crippen LogP contribution in [0.5, 0.6) is 0 Å². The summed E-state index contributed by atoms with van der Waals surface area (Å²) in [7, 11) is 0. The standard InChI is InChI=1S/C14H18N2OS/c1-11(2)10-14(17)16-12-6-3-4-7-13(12)18-9-5-8-15/h3-4,6-7,11H,5,9-10H2,1-2H3,(H,16,17). The van der Waals surface area contributed by atoms with Crippen molar-refractivity contribution in [1.29, 1.82) is 5.26 Å². The fourth-order valence-electron chi connectivity index (χ4n) is 1.47. The number of rotatable bonds is 6. The van der Waals surface area contributed by atoms with Gasteiger partial charge in [-0.05, 0) is 18.1 Å². The number of carbonyl (C=O) groups is 1. The van der Waals surface area contributed by atoms with Crippen LogP contribution in [-0.2, 0) is 4.79 Å². The Labute approximate surface area is 113 Å². The third-order valence-electron chi connectivity index (χ3n) is 2.23. The monoisotopic (exact) mass is 262 g/mol. The fourth-order valence-corrected chi connectivity index (χ4v) is 2.34. The van der Waals surface area contributed by atoms with Crippen molar-refractivity contribution < 1.29 is 4.79 Å². The van der Waals surface area contributed by atoms with Gasteiger partial charge in [-0.1, -0.05) is 26.0 Å². The molecule has 4 heteroatoms. The molecule has 1 aromatic rings. The summed E-state index contributed by atoms with van der Waals surface area (Å²) >= 11 is 1.60. The van der Waals surface area contributed by atoms with Crippen molar-refractivity contribution in [1.82, 2.24) is 0 Å². The molecule has 0 saturated heterocycles. The maximum absolute atomic E-state index is 11.7. The lowest BCUT2D eigenvalue weighted by atomic mass is 10.1. The highest BCUT2D eigenvalue weighted by Gasteiger charge is 2.08. The van der Waals surface area contributed by atoms with Gasteiger partial charge in [-0.25, -0.2) is 0 Å². The minimum atomic E-state index is 0.0401. The molecule has 96 valence electrons. The van der Waals surface area contributed by atoms with E-state index >= 15 is 0 Å². The maximum Gasteiger partial charge on any atom is 0.224 e. The van der Waals surface area contributed by atoms with Gasteiger partial charge in [-0.2, -0.15) is 5.26 Å². The number of thioether (sulfide) groups is 1. The van der Waals surface area contributed by atoms with Crippen LogP contribution in [0.15, 0.2) is 29.2 Å². The van der Waals surface area contributed by atoms with Crippen LogP contribution in [0.4, 0.5) is 5.69 Å². The molecule has 0 saturated carbocycles. The first kappa shape index (κ1) is 14.6. The van der Waals surface area contributed by atoms with Gasteiger partial charge < -0.3 is 5.32 Å². The number of nitriles is 1. The topological polar surface area (TPSA) is 52.9 Å². The van der Waals surface area contributed by atoms with E-state index in [0.29, 0.717) is 18.8 Å². The molecule has 0 heterocycles. The van der Waals surface area contributed by atoms with Crippen LogP contribution in [0, 0.1) is 17.2 Å². The van der Waals surface area contributed by atoms with Crippen LogP contribution in [0.3, 0.4) is 0 Å². The van der Waals surface area contributed by atoms with E-state index in [9.17, 15) is 4.79 Å². The molecule has 0 aromatic heterocycles. The van der Waals surface area contributed by atoms with Gasteiger partial charge in [-0.3, -0.25) is 4.79 Å². The summed E-state index contributed by atoms with van der Waals surface area (Å²) in [4.78, 5) is 12.8. The molecule has 1 aromatic carbocycles. The van der Waals surface area contributed by atoms with Gasteiger partial charge in [0.1, 0.15) is 0 Å². The molecule has 0 aliphatic rings. The maximum atomic E-state index is 11.7. The Bertz CT molecular complexity index is 438. The normalized spacial score (nSPS) is 10.1. The zero-order chi connectivity index (χ0) is 13.4. The number of nitrogens with zero attached hydrogens (tertiary/aromatic N) is 1. The van der Waals surface area contributed by atoms with Crippen LogP contribution in [0.2, 0.25) is 0 Å². The SMILES string of the molecule is CC(C)CC(=O)Nc1ccccc1SCCC#N. The van der Waals surface area contributed by atoms with Crippen LogP contribution >= 0.6 is 11.8 Å². The molecule has 0 unspecified atom stereocenters. The molecule has 0 spiro atoms.